The zero-order valence-corrected chi connectivity index (χ0v) is 15.2. The van der Waals surface area contributed by atoms with Crippen molar-refractivity contribution in [2.45, 2.75) is 38.7 Å². The molecule has 1 aliphatic heterocycles. The van der Waals surface area contributed by atoms with E-state index in [2.05, 4.69) is 55.6 Å². The Labute approximate surface area is 154 Å². The summed E-state index contributed by atoms with van der Waals surface area (Å²) >= 11 is 0. The summed E-state index contributed by atoms with van der Waals surface area (Å²) in [7, 11) is 0. The Kier molecular flexibility index (Phi) is 4.37. The van der Waals surface area contributed by atoms with Crippen LogP contribution in [-0.4, -0.2) is 12.0 Å². The molecule has 1 aliphatic rings. The van der Waals surface area contributed by atoms with Crippen LogP contribution in [0.3, 0.4) is 0 Å². The third-order valence-electron chi connectivity index (χ3n) is 5.19. The minimum atomic E-state index is 0.0683. The van der Waals surface area contributed by atoms with Gasteiger partial charge in [0.05, 0.1) is 11.8 Å². The van der Waals surface area contributed by atoms with Gasteiger partial charge in [-0.15, -0.1) is 0 Å². The van der Waals surface area contributed by atoms with Gasteiger partial charge in [0, 0.05) is 17.7 Å². The van der Waals surface area contributed by atoms with Gasteiger partial charge >= 0.3 is 0 Å². The van der Waals surface area contributed by atoms with E-state index in [1.165, 1.54) is 5.56 Å². The Balaban J connectivity index is 1.72. The van der Waals surface area contributed by atoms with Crippen LogP contribution in [0.25, 0.3) is 10.8 Å². The average molecular weight is 345 g/mol. The summed E-state index contributed by atoms with van der Waals surface area (Å²) in [6, 6.07) is 20.6. The number of hydrogen-bond acceptors (Lipinski definition) is 2. The molecule has 0 radical (unpaired) electrons. The van der Waals surface area contributed by atoms with Crippen LogP contribution in [0.2, 0.25) is 0 Å². The number of amides is 1. The van der Waals surface area contributed by atoms with E-state index in [0.717, 1.165) is 34.2 Å². The molecule has 0 unspecified atom stereocenters. The highest BCUT2D eigenvalue weighted by Crippen LogP contribution is 2.41. The molecule has 132 valence electrons. The predicted molar refractivity (Wildman–Crippen MR) is 106 cm³/mol. The molecular formula is C23H23NO2. The van der Waals surface area contributed by atoms with E-state index in [-0.39, 0.29) is 17.9 Å². The van der Waals surface area contributed by atoms with Crippen LogP contribution >= 0.6 is 0 Å². The Morgan fingerprint density at radius 1 is 1.08 bits per heavy atom. The monoisotopic (exact) mass is 345 g/mol. The Morgan fingerprint density at radius 3 is 2.62 bits per heavy atom. The van der Waals surface area contributed by atoms with Crippen molar-refractivity contribution < 1.29 is 9.53 Å². The quantitative estimate of drug-likeness (QED) is 0.679. The van der Waals surface area contributed by atoms with Crippen LogP contribution in [0.1, 0.15) is 43.7 Å². The van der Waals surface area contributed by atoms with Gasteiger partial charge in [-0.2, -0.15) is 0 Å². The Bertz CT molecular complexity index is 946. The summed E-state index contributed by atoms with van der Waals surface area (Å²) in [5, 5.41) is 5.32. The summed E-state index contributed by atoms with van der Waals surface area (Å²) in [6.45, 7) is 4.18. The second-order valence-electron chi connectivity index (χ2n) is 6.96. The van der Waals surface area contributed by atoms with Crippen molar-refractivity contribution >= 4 is 22.4 Å². The third kappa shape index (κ3) is 3.05. The number of rotatable bonds is 4. The maximum Gasteiger partial charge on any atom is 0.225 e. The first-order valence-corrected chi connectivity index (χ1v) is 9.24. The van der Waals surface area contributed by atoms with Crippen LogP contribution in [0.4, 0.5) is 5.69 Å². The number of fused-ring (bicyclic) bond motifs is 3. The molecule has 1 amide bonds. The highest BCUT2D eigenvalue weighted by Gasteiger charge is 2.27. The molecule has 0 aliphatic carbocycles. The normalized spacial score (nSPS) is 17.5. The molecule has 3 aromatic carbocycles. The first-order valence-electron chi connectivity index (χ1n) is 9.24. The molecule has 0 saturated carbocycles. The van der Waals surface area contributed by atoms with Gasteiger partial charge in [0.15, 0.2) is 0 Å². The number of carbonyl (C=O) groups is 1. The summed E-state index contributed by atoms with van der Waals surface area (Å²) in [6.07, 6.45) is 1.65. The molecule has 0 aromatic heterocycles. The largest absolute Gasteiger partial charge is 0.491 e. The third-order valence-corrected chi connectivity index (χ3v) is 5.19. The lowest BCUT2D eigenvalue weighted by Gasteiger charge is -2.27. The average Bonchev–Trinajstić information content (AvgIpc) is 2.67. The minimum Gasteiger partial charge on any atom is -0.491 e. The van der Waals surface area contributed by atoms with Crippen molar-refractivity contribution in [3.8, 4) is 5.75 Å². The molecule has 0 spiro atoms. The van der Waals surface area contributed by atoms with E-state index in [1.807, 2.05) is 24.3 Å². The number of anilines is 1. The van der Waals surface area contributed by atoms with Crippen LogP contribution in [0, 0.1) is 0 Å². The number of carbonyl (C=O) groups excluding carboxylic acids is 1. The van der Waals surface area contributed by atoms with E-state index in [4.69, 9.17) is 4.74 Å². The number of ether oxygens (including phenoxy) is 1. The summed E-state index contributed by atoms with van der Waals surface area (Å²) in [5.41, 5.74) is 3.27. The topological polar surface area (TPSA) is 38.3 Å². The van der Waals surface area contributed by atoms with Crippen molar-refractivity contribution in [3.05, 3.63) is 71.8 Å². The lowest BCUT2D eigenvalue weighted by Crippen LogP contribution is -2.23. The van der Waals surface area contributed by atoms with Crippen LogP contribution in [0.15, 0.2) is 60.7 Å². The predicted octanol–water partition coefficient (Wildman–Crippen LogP) is 5.49. The Hall–Kier alpha value is -2.81. The van der Waals surface area contributed by atoms with Gasteiger partial charge in [0.25, 0.3) is 0 Å². The number of hydrogen-bond donors (Lipinski definition) is 1. The molecule has 1 N–H and O–H groups in total. The first kappa shape index (κ1) is 16.6. The fourth-order valence-corrected chi connectivity index (χ4v) is 3.60. The van der Waals surface area contributed by atoms with Gasteiger partial charge < -0.3 is 10.1 Å². The second-order valence-corrected chi connectivity index (χ2v) is 6.96. The van der Waals surface area contributed by atoms with Crippen molar-refractivity contribution in [1.29, 1.82) is 0 Å². The zero-order chi connectivity index (χ0) is 18.1. The van der Waals surface area contributed by atoms with Gasteiger partial charge in [-0.05, 0) is 42.0 Å². The summed E-state index contributed by atoms with van der Waals surface area (Å²) < 4.78 is 5.87. The van der Waals surface area contributed by atoms with E-state index < -0.39 is 0 Å². The van der Waals surface area contributed by atoms with Crippen LogP contribution in [0.5, 0.6) is 5.75 Å². The first-order chi connectivity index (χ1) is 12.7. The standard InChI is InChI=1S/C23H23NO2/c1-3-15(2)26-18-11-8-17(9-12-18)21-14-22(25)24-23-19-7-5-4-6-16(19)10-13-20(21)23/h4-13,15,21H,3,14H2,1-2H3,(H,24,25)/t15-,21-/m0/s1. The molecule has 1 heterocycles. The van der Waals surface area contributed by atoms with Crippen LogP contribution in [-0.2, 0) is 4.79 Å². The fourth-order valence-electron chi connectivity index (χ4n) is 3.60. The van der Waals surface area contributed by atoms with Crippen molar-refractivity contribution in [2.24, 2.45) is 0 Å². The lowest BCUT2D eigenvalue weighted by atomic mass is 9.83. The van der Waals surface area contributed by atoms with E-state index in [9.17, 15) is 4.79 Å². The molecule has 2 atom stereocenters. The molecule has 26 heavy (non-hydrogen) atoms. The maximum atomic E-state index is 12.4. The van der Waals surface area contributed by atoms with Gasteiger partial charge in [-0.25, -0.2) is 0 Å². The SMILES string of the molecule is CC[C@H](C)Oc1ccc([C@@H]2CC(=O)Nc3c2ccc2ccccc32)cc1. The summed E-state index contributed by atoms with van der Waals surface area (Å²) in [5.74, 6) is 1.02. The second kappa shape index (κ2) is 6.83. The minimum absolute atomic E-state index is 0.0683. The lowest BCUT2D eigenvalue weighted by molar-refractivity contribution is -0.116. The molecule has 0 bridgehead atoms. The number of nitrogens with one attached hydrogen (secondary N) is 1. The molecule has 3 heteroatoms. The summed E-state index contributed by atoms with van der Waals surface area (Å²) in [4.78, 5) is 12.4. The fraction of sp³-hybridized carbons (Fsp3) is 0.261. The maximum absolute atomic E-state index is 12.4. The molecule has 0 fully saturated rings. The molecule has 0 saturated heterocycles. The highest BCUT2D eigenvalue weighted by molar-refractivity contribution is 6.06. The van der Waals surface area contributed by atoms with Crippen molar-refractivity contribution in [2.75, 3.05) is 5.32 Å². The van der Waals surface area contributed by atoms with Gasteiger partial charge in [0.2, 0.25) is 5.91 Å². The zero-order valence-electron chi connectivity index (χ0n) is 15.2. The van der Waals surface area contributed by atoms with E-state index in [0.29, 0.717) is 6.42 Å². The molecule has 3 nitrogen and oxygen atoms in total. The Morgan fingerprint density at radius 2 is 1.85 bits per heavy atom. The van der Waals surface area contributed by atoms with Gasteiger partial charge in [-0.1, -0.05) is 55.5 Å². The van der Waals surface area contributed by atoms with E-state index >= 15 is 0 Å². The molecular weight excluding hydrogens is 322 g/mol. The van der Waals surface area contributed by atoms with Gasteiger partial charge in [0.1, 0.15) is 5.75 Å². The van der Waals surface area contributed by atoms with Crippen molar-refractivity contribution in [3.63, 3.8) is 0 Å². The van der Waals surface area contributed by atoms with Gasteiger partial charge in [-0.3, -0.25) is 4.79 Å². The molecule has 4 rings (SSSR count). The smallest absolute Gasteiger partial charge is 0.225 e. The highest BCUT2D eigenvalue weighted by atomic mass is 16.5. The number of benzene rings is 3. The van der Waals surface area contributed by atoms with E-state index in [1.54, 1.807) is 0 Å². The van der Waals surface area contributed by atoms with Crippen LogP contribution < -0.4 is 10.1 Å². The molecule has 3 aromatic rings. The van der Waals surface area contributed by atoms with Crippen molar-refractivity contribution in [1.82, 2.24) is 0 Å².